The van der Waals surface area contributed by atoms with Crippen LogP contribution in [0.4, 0.5) is 0 Å². The fourth-order valence-corrected chi connectivity index (χ4v) is 0. The van der Waals surface area contributed by atoms with Gasteiger partial charge >= 0.3 is 8.25 Å². The van der Waals surface area contributed by atoms with Gasteiger partial charge in [-0.2, -0.15) is 0 Å². The summed E-state index contributed by atoms with van der Waals surface area (Å²) in [6.45, 7) is 0. The largest absolute Gasteiger partial charge is 0.412 e. The summed E-state index contributed by atoms with van der Waals surface area (Å²) in [5, 5.41) is 0. The SMILES string of the molecule is O.O.O=[PH](O)O. The van der Waals surface area contributed by atoms with Crippen LogP contribution in [0.1, 0.15) is 0 Å². The monoisotopic (exact) mass is 118 g/mol. The zero-order valence-corrected chi connectivity index (χ0v) is 3.80. The van der Waals surface area contributed by atoms with Crippen molar-refractivity contribution >= 4 is 8.25 Å². The molecule has 0 saturated carbocycles. The van der Waals surface area contributed by atoms with Crippen LogP contribution in [-0.4, -0.2) is 20.7 Å². The van der Waals surface area contributed by atoms with E-state index in [1.165, 1.54) is 0 Å². The third-order valence-corrected chi connectivity index (χ3v) is 0. The van der Waals surface area contributed by atoms with Crippen molar-refractivity contribution in [1.82, 2.24) is 0 Å². The molecule has 0 bridgehead atoms. The summed E-state index contributed by atoms with van der Waals surface area (Å²) in [4.78, 5) is 14.3. The topological polar surface area (TPSA) is 121 Å². The zero-order valence-electron chi connectivity index (χ0n) is 2.80. The Morgan fingerprint density at radius 1 is 1.17 bits per heavy atom. The van der Waals surface area contributed by atoms with Crippen molar-refractivity contribution in [2.45, 2.75) is 0 Å². The summed E-state index contributed by atoms with van der Waals surface area (Å²) >= 11 is 0. The van der Waals surface area contributed by atoms with Crippen LogP contribution in [0.25, 0.3) is 0 Å². The molecule has 0 aliphatic rings. The minimum atomic E-state index is -3.13. The van der Waals surface area contributed by atoms with E-state index in [1.807, 2.05) is 0 Å². The van der Waals surface area contributed by atoms with Gasteiger partial charge in [0, 0.05) is 0 Å². The fourth-order valence-electron chi connectivity index (χ4n) is 0. The first-order valence-electron chi connectivity index (χ1n) is 0.651. The molecule has 42 valence electrons. The number of hydrogen-bond acceptors (Lipinski definition) is 1. The van der Waals surface area contributed by atoms with Gasteiger partial charge in [-0.1, -0.05) is 0 Å². The van der Waals surface area contributed by atoms with Crippen LogP contribution in [0.3, 0.4) is 0 Å². The van der Waals surface area contributed by atoms with Crippen molar-refractivity contribution in [3.8, 4) is 0 Å². The number of rotatable bonds is 0. The Labute approximate surface area is 34.8 Å². The molecule has 0 aliphatic carbocycles. The quantitative estimate of drug-likeness (QED) is 0.348. The molecule has 0 heterocycles. The van der Waals surface area contributed by atoms with Crippen LogP contribution in [0.15, 0.2) is 0 Å². The van der Waals surface area contributed by atoms with E-state index in [2.05, 4.69) is 0 Å². The highest BCUT2D eigenvalue weighted by molar-refractivity contribution is 7.30. The molecule has 0 atom stereocenters. The molecule has 0 radical (unpaired) electrons. The van der Waals surface area contributed by atoms with Crippen molar-refractivity contribution in [2.24, 2.45) is 0 Å². The molecule has 0 aliphatic heterocycles. The van der Waals surface area contributed by atoms with Crippen LogP contribution < -0.4 is 0 Å². The molecule has 0 aromatic heterocycles. The molecule has 6 heteroatoms. The first-order chi connectivity index (χ1) is 1.73. The third-order valence-electron chi connectivity index (χ3n) is 0. The molecule has 0 aromatic carbocycles. The van der Waals surface area contributed by atoms with Gasteiger partial charge in [0.25, 0.3) is 0 Å². The normalized spacial score (nSPS) is 5.83. The Hall–Kier alpha value is 0.0700. The van der Waals surface area contributed by atoms with E-state index in [4.69, 9.17) is 14.4 Å². The van der Waals surface area contributed by atoms with Gasteiger partial charge < -0.3 is 20.7 Å². The summed E-state index contributed by atoms with van der Waals surface area (Å²) in [5.74, 6) is 0. The van der Waals surface area contributed by atoms with Crippen molar-refractivity contribution in [1.29, 1.82) is 0 Å². The van der Waals surface area contributed by atoms with E-state index in [1.54, 1.807) is 0 Å². The Kier molecular flexibility index (Phi) is 24.6. The minimum Gasteiger partial charge on any atom is -0.412 e. The lowest BCUT2D eigenvalue weighted by atomic mass is 15.8. The highest BCUT2D eigenvalue weighted by Crippen LogP contribution is 1.98. The van der Waals surface area contributed by atoms with Gasteiger partial charge in [0.2, 0.25) is 0 Å². The first-order valence-corrected chi connectivity index (χ1v) is 1.95. The lowest BCUT2D eigenvalue weighted by molar-refractivity contribution is 0.405. The van der Waals surface area contributed by atoms with Crippen molar-refractivity contribution in [3.05, 3.63) is 0 Å². The predicted octanol–water partition coefficient (Wildman–Crippen LogP) is -2.29. The van der Waals surface area contributed by atoms with Gasteiger partial charge in [0.15, 0.2) is 0 Å². The summed E-state index contributed by atoms with van der Waals surface area (Å²) in [6.07, 6.45) is 0. The Bertz CT molecular complexity index is 26.9. The fraction of sp³-hybridized carbons (Fsp3) is 0. The molecule has 6 N–H and O–H groups in total. The van der Waals surface area contributed by atoms with Gasteiger partial charge in [0.05, 0.1) is 0 Å². The van der Waals surface area contributed by atoms with Gasteiger partial charge in [0.1, 0.15) is 0 Å². The average Bonchev–Trinajstić information content (AvgIpc) is 0.811. The molecular weight excluding hydrogens is 111 g/mol. The molecule has 0 spiro atoms. The molecule has 0 fully saturated rings. The average molecular weight is 118 g/mol. The second-order valence-electron chi connectivity index (χ2n) is 0.283. The maximum atomic E-state index is 8.74. The summed E-state index contributed by atoms with van der Waals surface area (Å²) in [7, 11) is -3.13. The Balaban J connectivity index is -0.0000000450. The van der Waals surface area contributed by atoms with Crippen LogP contribution in [0.2, 0.25) is 0 Å². The highest BCUT2D eigenvalue weighted by Gasteiger charge is 1.61. The van der Waals surface area contributed by atoms with Crippen molar-refractivity contribution in [3.63, 3.8) is 0 Å². The van der Waals surface area contributed by atoms with E-state index in [-0.39, 0.29) is 11.0 Å². The minimum absolute atomic E-state index is 0. The van der Waals surface area contributed by atoms with Gasteiger partial charge in [-0.25, -0.2) is 0 Å². The summed E-state index contributed by atoms with van der Waals surface area (Å²) in [5.41, 5.74) is 0. The third kappa shape index (κ3) is 7830. The van der Waals surface area contributed by atoms with E-state index >= 15 is 0 Å². The van der Waals surface area contributed by atoms with E-state index < -0.39 is 8.25 Å². The molecule has 0 aromatic rings. The first kappa shape index (κ1) is 16.6. The van der Waals surface area contributed by atoms with E-state index in [0.29, 0.717) is 0 Å². The Morgan fingerprint density at radius 2 is 1.17 bits per heavy atom. The van der Waals surface area contributed by atoms with Crippen LogP contribution in [0, 0.1) is 0 Å². The predicted molar refractivity (Wildman–Crippen MR) is 20.7 cm³/mol. The molecule has 0 amide bonds. The van der Waals surface area contributed by atoms with E-state index in [0.717, 1.165) is 0 Å². The molecule has 0 saturated heterocycles. The second kappa shape index (κ2) is 8.91. The molecule has 0 rings (SSSR count). The lowest BCUT2D eigenvalue weighted by Gasteiger charge is -1.61. The molecular formula is H7O5P. The molecule has 6 heavy (non-hydrogen) atoms. The zero-order chi connectivity index (χ0) is 3.58. The Morgan fingerprint density at radius 3 is 1.17 bits per heavy atom. The van der Waals surface area contributed by atoms with Gasteiger partial charge in [-0.05, 0) is 0 Å². The standard InChI is InChI=1S/H3O3P.2H2O/c1-4(2)3;;/h4H,(H2,1,2,3);2*1H2. The van der Waals surface area contributed by atoms with Crippen LogP contribution in [0.5, 0.6) is 0 Å². The lowest BCUT2D eigenvalue weighted by Crippen LogP contribution is -1.38. The maximum Gasteiger partial charge on any atom is 0.314 e. The smallest absolute Gasteiger partial charge is 0.314 e. The van der Waals surface area contributed by atoms with Crippen molar-refractivity contribution in [2.75, 3.05) is 0 Å². The van der Waals surface area contributed by atoms with E-state index in [9.17, 15) is 0 Å². The van der Waals surface area contributed by atoms with Gasteiger partial charge in [-0.15, -0.1) is 0 Å². The second-order valence-corrected chi connectivity index (χ2v) is 0.848. The summed E-state index contributed by atoms with van der Waals surface area (Å²) < 4.78 is 8.74. The highest BCUT2D eigenvalue weighted by atomic mass is 31.1. The van der Waals surface area contributed by atoms with Crippen LogP contribution in [-0.2, 0) is 4.57 Å². The van der Waals surface area contributed by atoms with Crippen LogP contribution >= 0.6 is 8.25 Å². The molecule has 5 nitrogen and oxygen atoms in total. The number of hydrogen-bond donors (Lipinski definition) is 2. The maximum absolute atomic E-state index is 8.74. The van der Waals surface area contributed by atoms with Gasteiger partial charge in [-0.3, -0.25) is 4.57 Å². The van der Waals surface area contributed by atoms with Crippen molar-refractivity contribution < 1.29 is 25.3 Å². The molecule has 0 unspecified atom stereocenters. The summed E-state index contributed by atoms with van der Waals surface area (Å²) in [6, 6.07) is 0.